The van der Waals surface area contributed by atoms with Crippen LogP contribution in [-0.4, -0.2) is 37.0 Å². The standard InChI is InChI=1S/C27H25N3O/c28-21-25(20-22-10-4-1-5-11-22)27(31)30-18-16-29(17-19-30)26(23-12-6-2-7-13-23)24-14-8-3-9-15-24/h1-15,20,26H,16-19H2/p+1/b25-20-. The van der Waals surface area contributed by atoms with E-state index in [1.54, 1.807) is 6.08 Å². The lowest BCUT2D eigenvalue weighted by Gasteiger charge is -2.37. The van der Waals surface area contributed by atoms with Crippen LogP contribution in [0, 0.1) is 11.3 Å². The van der Waals surface area contributed by atoms with E-state index >= 15 is 0 Å². The highest BCUT2D eigenvalue weighted by atomic mass is 16.2. The molecule has 0 atom stereocenters. The van der Waals surface area contributed by atoms with Crippen molar-refractivity contribution in [1.82, 2.24) is 4.90 Å². The Bertz CT molecular complexity index is 1020. The van der Waals surface area contributed by atoms with Crippen LogP contribution in [0.1, 0.15) is 22.7 Å². The first-order chi connectivity index (χ1) is 15.3. The molecule has 1 aliphatic heterocycles. The molecule has 1 heterocycles. The Morgan fingerprint density at radius 2 is 1.32 bits per heavy atom. The molecule has 1 saturated heterocycles. The van der Waals surface area contributed by atoms with E-state index in [-0.39, 0.29) is 17.5 Å². The quantitative estimate of drug-likeness (QED) is 0.521. The molecule has 0 radical (unpaired) electrons. The van der Waals surface area contributed by atoms with Crippen LogP contribution in [0.5, 0.6) is 0 Å². The van der Waals surface area contributed by atoms with Gasteiger partial charge in [0.2, 0.25) is 0 Å². The van der Waals surface area contributed by atoms with Crippen LogP contribution in [0.25, 0.3) is 6.08 Å². The minimum absolute atomic E-state index is 0.179. The minimum Gasteiger partial charge on any atom is -0.327 e. The fourth-order valence-electron chi connectivity index (χ4n) is 4.27. The number of benzene rings is 3. The Kier molecular flexibility index (Phi) is 6.56. The second-order valence-corrected chi connectivity index (χ2v) is 7.79. The van der Waals surface area contributed by atoms with Crippen LogP contribution < -0.4 is 4.90 Å². The molecule has 3 aromatic rings. The van der Waals surface area contributed by atoms with E-state index in [4.69, 9.17) is 0 Å². The zero-order valence-electron chi connectivity index (χ0n) is 17.4. The minimum atomic E-state index is -0.179. The van der Waals surface area contributed by atoms with Crippen molar-refractivity contribution in [3.63, 3.8) is 0 Å². The van der Waals surface area contributed by atoms with E-state index in [2.05, 4.69) is 54.6 Å². The van der Waals surface area contributed by atoms with E-state index in [1.165, 1.54) is 16.0 Å². The van der Waals surface area contributed by atoms with Crippen molar-refractivity contribution in [1.29, 1.82) is 5.26 Å². The monoisotopic (exact) mass is 408 g/mol. The van der Waals surface area contributed by atoms with Crippen molar-refractivity contribution in [3.8, 4) is 6.07 Å². The highest BCUT2D eigenvalue weighted by Gasteiger charge is 2.32. The molecule has 3 aromatic carbocycles. The number of nitrogens with zero attached hydrogens (tertiary/aromatic N) is 2. The van der Waals surface area contributed by atoms with Crippen molar-refractivity contribution in [3.05, 3.63) is 113 Å². The molecule has 1 fully saturated rings. The summed E-state index contributed by atoms with van der Waals surface area (Å²) < 4.78 is 0. The molecule has 1 N–H and O–H groups in total. The molecule has 0 saturated carbocycles. The Labute approximate surface area is 183 Å². The topological polar surface area (TPSA) is 48.5 Å². The van der Waals surface area contributed by atoms with Gasteiger partial charge in [-0.15, -0.1) is 0 Å². The summed E-state index contributed by atoms with van der Waals surface area (Å²) in [7, 11) is 0. The summed E-state index contributed by atoms with van der Waals surface area (Å²) in [4.78, 5) is 16.2. The smallest absolute Gasteiger partial charge is 0.264 e. The molecular weight excluding hydrogens is 382 g/mol. The molecule has 4 nitrogen and oxygen atoms in total. The maximum atomic E-state index is 13.0. The molecule has 31 heavy (non-hydrogen) atoms. The third-order valence-corrected chi connectivity index (χ3v) is 5.83. The van der Waals surface area contributed by atoms with Gasteiger partial charge in [-0.05, 0) is 11.6 Å². The fourth-order valence-corrected chi connectivity index (χ4v) is 4.27. The molecule has 0 spiro atoms. The third kappa shape index (κ3) is 4.91. The Balaban J connectivity index is 1.49. The van der Waals surface area contributed by atoms with Gasteiger partial charge in [-0.25, -0.2) is 0 Å². The van der Waals surface area contributed by atoms with Gasteiger partial charge in [-0.2, -0.15) is 5.26 Å². The number of carbonyl (C=O) groups excluding carboxylic acids is 1. The SMILES string of the molecule is N#C/C(=C/c1ccccc1)C(=O)N1CC[NH+](C(c2ccccc2)c2ccccc2)CC1. The number of hydrogen-bond donors (Lipinski definition) is 1. The van der Waals surface area contributed by atoms with Gasteiger partial charge in [0.25, 0.3) is 5.91 Å². The summed E-state index contributed by atoms with van der Waals surface area (Å²) in [6.07, 6.45) is 1.68. The zero-order chi connectivity index (χ0) is 21.5. The van der Waals surface area contributed by atoms with Crippen molar-refractivity contribution < 1.29 is 9.69 Å². The molecule has 1 aliphatic rings. The van der Waals surface area contributed by atoms with Gasteiger partial charge in [-0.3, -0.25) is 4.79 Å². The molecule has 4 heteroatoms. The Morgan fingerprint density at radius 3 is 1.81 bits per heavy atom. The summed E-state index contributed by atoms with van der Waals surface area (Å²) in [6, 6.07) is 33.0. The lowest BCUT2D eigenvalue weighted by atomic mass is 9.96. The Morgan fingerprint density at radius 1 is 0.839 bits per heavy atom. The molecule has 154 valence electrons. The van der Waals surface area contributed by atoms with E-state index in [1.807, 2.05) is 47.4 Å². The summed E-state index contributed by atoms with van der Waals surface area (Å²) >= 11 is 0. The number of piperazine rings is 1. The second kappa shape index (κ2) is 9.88. The van der Waals surface area contributed by atoms with Gasteiger partial charge in [0.15, 0.2) is 0 Å². The van der Waals surface area contributed by atoms with Crippen molar-refractivity contribution in [2.24, 2.45) is 0 Å². The van der Waals surface area contributed by atoms with E-state index in [0.29, 0.717) is 13.1 Å². The highest BCUT2D eigenvalue weighted by molar-refractivity contribution is 6.01. The molecular formula is C27H26N3O+. The van der Waals surface area contributed by atoms with Crippen LogP contribution >= 0.6 is 0 Å². The lowest BCUT2D eigenvalue weighted by molar-refractivity contribution is -0.929. The molecule has 0 bridgehead atoms. The first-order valence-electron chi connectivity index (χ1n) is 10.7. The number of nitriles is 1. The van der Waals surface area contributed by atoms with Gasteiger partial charge in [0.1, 0.15) is 17.7 Å². The third-order valence-electron chi connectivity index (χ3n) is 5.83. The molecule has 0 unspecified atom stereocenters. The maximum absolute atomic E-state index is 13.0. The molecule has 1 amide bonds. The van der Waals surface area contributed by atoms with Crippen LogP contribution in [0.2, 0.25) is 0 Å². The summed E-state index contributed by atoms with van der Waals surface area (Å²) in [5, 5.41) is 9.55. The number of rotatable bonds is 5. The summed E-state index contributed by atoms with van der Waals surface area (Å²) in [6.45, 7) is 2.95. The highest BCUT2D eigenvalue weighted by Crippen LogP contribution is 2.19. The molecule has 0 aromatic heterocycles. The predicted molar refractivity (Wildman–Crippen MR) is 122 cm³/mol. The van der Waals surface area contributed by atoms with E-state index in [9.17, 15) is 10.1 Å². The number of hydrogen-bond acceptors (Lipinski definition) is 2. The van der Waals surface area contributed by atoms with Gasteiger partial charge >= 0.3 is 0 Å². The van der Waals surface area contributed by atoms with Crippen LogP contribution in [0.15, 0.2) is 96.6 Å². The number of amides is 1. The normalized spacial score (nSPS) is 15.0. The van der Waals surface area contributed by atoms with Crippen LogP contribution in [0.3, 0.4) is 0 Å². The fraction of sp³-hybridized carbons (Fsp3) is 0.185. The maximum Gasteiger partial charge on any atom is 0.264 e. The van der Waals surface area contributed by atoms with Crippen LogP contribution in [-0.2, 0) is 4.79 Å². The second-order valence-electron chi connectivity index (χ2n) is 7.79. The first kappa shape index (κ1) is 20.6. The summed E-state index contributed by atoms with van der Waals surface area (Å²) in [5.41, 5.74) is 3.62. The number of quaternary nitrogens is 1. The van der Waals surface area contributed by atoms with E-state index < -0.39 is 0 Å². The Hall–Kier alpha value is -3.68. The van der Waals surface area contributed by atoms with Crippen molar-refractivity contribution in [2.75, 3.05) is 26.2 Å². The van der Waals surface area contributed by atoms with Gasteiger partial charge in [-0.1, -0.05) is 91.0 Å². The zero-order valence-corrected chi connectivity index (χ0v) is 17.4. The van der Waals surface area contributed by atoms with E-state index in [0.717, 1.165) is 18.7 Å². The number of carbonyl (C=O) groups is 1. The van der Waals surface area contributed by atoms with Crippen molar-refractivity contribution in [2.45, 2.75) is 6.04 Å². The average molecular weight is 409 g/mol. The first-order valence-corrected chi connectivity index (χ1v) is 10.7. The van der Waals surface area contributed by atoms with Crippen LogP contribution in [0.4, 0.5) is 0 Å². The molecule has 4 rings (SSSR count). The van der Waals surface area contributed by atoms with Gasteiger partial charge in [0.05, 0.1) is 26.2 Å². The van der Waals surface area contributed by atoms with Gasteiger partial charge < -0.3 is 9.80 Å². The molecule has 0 aliphatic carbocycles. The number of nitrogens with one attached hydrogen (secondary N) is 1. The lowest BCUT2D eigenvalue weighted by Crippen LogP contribution is -3.15. The largest absolute Gasteiger partial charge is 0.327 e. The van der Waals surface area contributed by atoms with Gasteiger partial charge in [0, 0.05) is 11.1 Å². The predicted octanol–water partition coefficient (Wildman–Crippen LogP) is 3.11. The van der Waals surface area contributed by atoms with Crippen molar-refractivity contribution >= 4 is 12.0 Å². The summed E-state index contributed by atoms with van der Waals surface area (Å²) in [5.74, 6) is -0.179. The average Bonchev–Trinajstić information content (AvgIpc) is 2.85.